The average Bonchev–Trinajstić information content (AvgIpc) is 2.21. The van der Waals surface area contributed by atoms with E-state index in [0.717, 1.165) is 0 Å². The zero-order valence-corrected chi connectivity index (χ0v) is 12.6. The number of carbonyl (C=O) groups is 2. The predicted molar refractivity (Wildman–Crippen MR) is 71.2 cm³/mol. The van der Waals surface area contributed by atoms with Crippen molar-refractivity contribution in [2.45, 2.75) is 72.8 Å². The number of ether oxygens (including phenoxy) is 1. The summed E-state index contributed by atoms with van der Waals surface area (Å²) in [4.78, 5) is 23.6. The van der Waals surface area contributed by atoms with E-state index in [9.17, 15) is 9.59 Å². The molecule has 18 heavy (non-hydrogen) atoms. The highest BCUT2D eigenvalue weighted by atomic mass is 16.6. The van der Waals surface area contributed by atoms with Gasteiger partial charge in [0, 0.05) is 12.8 Å². The van der Waals surface area contributed by atoms with Gasteiger partial charge in [0.15, 0.2) is 0 Å². The number of carbonyl (C=O) groups excluding carboxylic acids is 2. The molecule has 0 saturated heterocycles. The molecule has 1 fully saturated rings. The lowest BCUT2D eigenvalue weighted by Gasteiger charge is -2.41. The first-order chi connectivity index (χ1) is 7.98. The lowest BCUT2D eigenvalue weighted by molar-refractivity contribution is -0.179. The molecular formula is C15H26O3. The fraction of sp³-hybridized carbons (Fsp3) is 0.867. The van der Waals surface area contributed by atoms with Crippen LogP contribution in [0.2, 0.25) is 0 Å². The van der Waals surface area contributed by atoms with E-state index in [2.05, 4.69) is 0 Å². The average molecular weight is 254 g/mol. The van der Waals surface area contributed by atoms with E-state index in [1.807, 2.05) is 41.5 Å². The second-order valence-electron chi connectivity index (χ2n) is 7.25. The molecule has 1 aliphatic rings. The minimum atomic E-state index is -0.530. The maximum Gasteiger partial charge on any atom is 0.312 e. The summed E-state index contributed by atoms with van der Waals surface area (Å²) < 4.78 is 5.73. The normalized spacial score (nSPS) is 20.7. The van der Waals surface area contributed by atoms with E-state index in [4.69, 9.17) is 4.74 Å². The van der Waals surface area contributed by atoms with Crippen molar-refractivity contribution in [1.82, 2.24) is 0 Å². The fourth-order valence-electron chi connectivity index (χ4n) is 1.82. The molecule has 0 bridgehead atoms. The van der Waals surface area contributed by atoms with E-state index in [1.54, 1.807) is 0 Å². The molecule has 0 spiro atoms. The SMILES string of the molecule is CC1(OC(=O)C(C)(C)C(C)(C)C)CCC(=O)CC1. The summed E-state index contributed by atoms with van der Waals surface area (Å²) in [7, 11) is 0. The van der Waals surface area contributed by atoms with E-state index >= 15 is 0 Å². The monoisotopic (exact) mass is 254 g/mol. The van der Waals surface area contributed by atoms with Gasteiger partial charge in [-0.2, -0.15) is 0 Å². The van der Waals surface area contributed by atoms with Crippen molar-refractivity contribution in [3.8, 4) is 0 Å². The molecule has 1 saturated carbocycles. The first kappa shape index (κ1) is 15.2. The van der Waals surface area contributed by atoms with Crippen LogP contribution in [-0.4, -0.2) is 17.4 Å². The topological polar surface area (TPSA) is 43.4 Å². The predicted octanol–water partition coefficient (Wildman–Crippen LogP) is 3.50. The van der Waals surface area contributed by atoms with Gasteiger partial charge >= 0.3 is 5.97 Å². The molecule has 0 aliphatic heterocycles. The lowest BCUT2D eigenvalue weighted by atomic mass is 9.69. The molecule has 0 heterocycles. The van der Waals surface area contributed by atoms with Gasteiger partial charge in [-0.25, -0.2) is 0 Å². The van der Waals surface area contributed by atoms with Gasteiger partial charge in [-0.15, -0.1) is 0 Å². The van der Waals surface area contributed by atoms with Crippen molar-refractivity contribution >= 4 is 11.8 Å². The Hall–Kier alpha value is -0.860. The molecule has 1 rings (SSSR count). The van der Waals surface area contributed by atoms with Crippen molar-refractivity contribution in [2.24, 2.45) is 10.8 Å². The minimum absolute atomic E-state index is 0.148. The highest BCUT2D eigenvalue weighted by molar-refractivity contribution is 5.80. The Morgan fingerprint density at radius 1 is 1.11 bits per heavy atom. The van der Waals surface area contributed by atoms with Crippen LogP contribution < -0.4 is 0 Å². The third kappa shape index (κ3) is 3.12. The van der Waals surface area contributed by atoms with Crippen LogP contribution in [0.3, 0.4) is 0 Å². The Labute approximate surface area is 110 Å². The van der Waals surface area contributed by atoms with Crippen molar-refractivity contribution in [3.63, 3.8) is 0 Å². The Morgan fingerprint density at radius 2 is 1.56 bits per heavy atom. The molecular weight excluding hydrogens is 228 g/mol. The van der Waals surface area contributed by atoms with Gasteiger partial charge in [0.05, 0.1) is 5.41 Å². The molecule has 0 radical (unpaired) electrons. The number of ketones is 1. The summed E-state index contributed by atoms with van der Waals surface area (Å²) in [6.07, 6.45) is 2.36. The maximum absolute atomic E-state index is 12.4. The molecule has 0 aromatic carbocycles. The number of esters is 1. The fourth-order valence-corrected chi connectivity index (χ4v) is 1.82. The van der Waals surface area contributed by atoms with Crippen molar-refractivity contribution in [3.05, 3.63) is 0 Å². The summed E-state index contributed by atoms with van der Waals surface area (Å²) in [5.74, 6) is 0.116. The van der Waals surface area contributed by atoms with Gasteiger partial charge in [-0.3, -0.25) is 9.59 Å². The summed E-state index contributed by atoms with van der Waals surface area (Å²) in [6.45, 7) is 11.9. The molecule has 3 nitrogen and oxygen atoms in total. The molecule has 1 aliphatic carbocycles. The summed E-state index contributed by atoms with van der Waals surface area (Å²) in [5.41, 5.74) is -1.14. The van der Waals surface area contributed by atoms with Crippen LogP contribution in [0, 0.1) is 10.8 Å². The van der Waals surface area contributed by atoms with Gasteiger partial charge in [0.2, 0.25) is 0 Å². The lowest BCUT2D eigenvalue weighted by Crippen LogP contribution is -2.45. The highest BCUT2D eigenvalue weighted by Crippen LogP contribution is 2.41. The molecule has 0 atom stereocenters. The number of hydrogen-bond donors (Lipinski definition) is 0. The smallest absolute Gasteiger partial charge is 0.312 e. The molecule has 0 N–H and O–H groups in total. The van der Waals surface area contributed by atoms with Gasteiger partial charge < -0.3 is 4.74 Å². The van der Waals surface area contributed by atoms with Crippen LogP contribution in [0.5, 0.6) is 0 Å². The van der Waals surface area contributed by atoms with Gasteiger partial charge in [0.1, 0.15) is 11.4 Å². The summed E-state index contributed by atoms with van der Waals surface area (Å²) >= 11 is 0. The third-order valence-corrected chi connectivity index (χ3v) is 4.59. The molecule has 0 aromatic heterocycles. The zero-order chi connectivity index (χ0) is 14.2. The van der Waals surface area contributed by atoms with Crippen LogP contribution in [0.1, 0.15) is 67.2 Å². The Balaban J connectivity index is 2.73. The van der Waals surface area contributed by atoms with Crippen LogP contribution >= 0.6 is 0 Å². The van der Waals surface area contributed by atoms with Crippen LogP contribution in [0.4, 0.5) is 0 Å². The van der Waals surface area contributed by atoms with E-state index in [1.165, 1.54) is 0 Å². The first-order valence-corrected chi connectivity index (χ1v) is 6.73. The maximum atomic E-state index is 12.4. The van der Waals surface area contributed by atoms with E-state index in [-0.39, 0.29) is 17.2 Å². The van der Waals surface area contributed by atoms with Gasteiger partial charge in [-0.1, -0.05) is 20.8 Å². The second kappa shape index (κ2) is 4.67. The minimum Gasteiger partial charge on any atom is -0.459 e. The van der Waals surface area contributed by atoms with E-state index < -0.39 is 11.0 Å². The summed E-state index contributed by atoms with van der Waals surface area (Å²) in [5, 5.41) is 0. The summed E-state index contributed by atoms with van der Waals surface area (Å²) in [6, 6.07) is 0. The Morgan fingerprint density at radius 3 is 1.94 bits per heavy atom. The largest absolute Gasteiger partial charge is 0.459 e. The van der Waals surface area contributed by atoms with Crippen molar-refractivity contribution < 1.29 is 14.3 Å². The standard InChI is InChI=1S/C15H26O3/c1-13(2,3)14(4,5)12(17)18-15(6)9-7-11(16)8-10-15/h7-10H2,1-6H3. The van der Waals surface area contributed by atoms with Crippen LogP contribution in [-0.2, 0) is 14.3 Å². The zero-order valence-electron chi connectivity index (χ0n) is 12.6. The van der Waals surface area contributed by atoms with Crippen molar-refractivity contribution in [1.29, 1.82) is 0 Å². The molecule has 104 valence electrons. The van der Waals surface area contributed by atoms with E-state index in [0.29, 0.717) is 25.7 Å². The number of Topliss-reactive ketones (excluding diaryl/α,β-unsaturated/α-hetero) is 1. The third-order valence-electron chi connectivity index (χ3n) is 4.59. The quantitative estimate of drug-likeness (QED) is 0.708. The highest BCUT2D eigenvalue weighted by Gasteiger charge is 2.44. The number of hydrogen-bond acceptors (Lipinski definition) is 3. The van der Waals surface area contributed by atoms with Crippen LogP contribution in [0.15, 0.2) is 0 Å². The van der Waals surface area contributed by atoms with Crippen molar-refractivity contribution in [2.75, 3.05) is 0 Å². The molecule has 3 heteroatoms. The Kier molecular flexibility index (Phi) is 3.94. The second-order valence-corrected chi connectivity index (χ2v) is 7.25. The Bertz CT molecular complexity index is 337. The van der Waals surface area contributed by atoms with Gasteiger partial charge in [-0.05, 0) is 39.0 Å². The molecule has 0 aromatic rings. The van der Waals surface area contributed by atoms with Crippen LogP contribution in [0.25, 0.3) is 0 Å². The van der Waals surface area contributed by atoms with Gasteiger partial charge in [0.25, 0.3) is 0 Å². The first-order valence-electron chi connectivity index (χ1n) is 6.73. The number of rotatable bonds is 2. The molecule has 0 amide bonds. The molecule has 0 unspecified atom stereocenters.